The maximum Gasteiger partial charge on any atom is 0.337 e. The third-order valence-electron chi connectivity index (χ3n) is 1.99. The number of carboxylic acids is 1. The van der Waals surface area contributed by atoms with Gasteiger partial charge in [0.25, 0.3) is 0 Å². The van der Waals surface area contributed by atoms with E-state index in [1.165, 1.54) is 18.5 Å². The Kier molecular flexibility index (Phi) is 4.19. The van der Waals surface area contributed by atoms with E-state index in [2.05, 4.69) is 14.7 Å². The zero-order chi connectivity index (χ0) is 12.2. The van der Waals surface area contributed by atoms with Crippen molar-refractivity contribution < 1.29 is 15.0 Å². The highest BCUT2D eigenvalue weighted by Gasteiger charge is 2.29. The van der Waals surface area contributed by atoms with Gasteiger partial charge in [-0.15, -0.1) is 0 Å². The van der Waals surface area contributed by atoms with Crippen LogP contribution < -0.4 is 5.32 Å². The van der Waals surface area contributed by atoms with Gasteiger partial charge >= 0.3 is 5.97 Å². The molecule has 0 fully saturated rings. The van der Waals surface area contributed by atoms with Crippen molar-refractivity contribution in [2.45, 2.75) is 32.3 Å². The van der Waals surface area contributed by atoms with Crippen molar-refractivity contribution in [1.29, 1.82) is 0 Å². The molecule has 0 saturated heterocycles. The minimum atomic E-state index is -1.80. The first kappa shape index (κ1) is 12.9. The second kappa shape index (κ2) is 5.22. The average Bonchev–Trinajstić information content (AvgIpc) is 2.63. The van der Waals surface area contributed by atoms with Crippen LogP contribution in [-0.4, -0.2) is 37.7 Å². The van der Waals surface area contributed by atoms with E-state index in [0.717, 1.165) is 18.7 Å². The van der Waals surface area contributed by atoms with Crippen LogP contribution in [0.5, 0.6) is 0 Å². The van der Waals surface area contributed by atoms with Crippen molar-refractivity contribution in [3.63, 3.8) is 0 Å². The van der Waals surface area contributed by atoms with Crippen molar-refractivity contribution in [2.75, 3.05) is 11.9 Å². The molecule has 0 bridgehead atoms. The third kappa shape index (κ3) is 3.42. The molecule has 1 aromatic rings. The van der Waals surface area contributed by atoms with E-state index in [4.69, 9.17) is 5.11 Å². The molecule has 3 N–H and O–H groups in total. The van der Waals surface area contributed by atoms with Gasteiger partial charge in [-0.1, -0.05) is 6.92 Å². The first-order valence-electron chi connectivity index (χ1n) is 4.98. The molecule has 16 heavy (non-hydrogen) atoms. The lowest BCUT2D eigenvalue weighted by Gasteiger charge is -2.17. The fraction of sp³-hybridized carbons (Fsp3) is 0.667. The summed E-state index contributed by atoms with van der Waals surface area (Å²) in [4.78, 5) is 14.8. The Morgan fingerprint density at radius 1 is 1.62 bits per heavy atom. The monoisotopic (exact) mass is 245 g/mol. The van der Waals surface area contributed by atoms with Crippen LogP contribution >= 0.6 is 11.5 Å². The Morgan fingerprint density at radius 2 is 2.31 bits per heavy atom. The molecular formula is C9H15N3O3S. The molecule has 6 nitrogen and oxygen atoms in total. The van der Waals surface area contributed by atoms with Gasteiger partial charge in [0, 0.05) is 18.0 Å². The van der Waals surface area contributed by atoms with Gasteiger partial charge in [-0.3, -0.25) is 0 Å². The van der Waals surface area contributed by atoms with Crippen molar-refractivity contribution >= 4 is 22.6 Å². The van der Waals surface area contributed by atoms with Gasteiger partial charge in [-0.2, -0.15) is 4.37 Å². The van der Waals surface area contributed by atoms with Crippen LogP contribution in [0.2, 0.25) is 0 Å². The van der Waals surface area contributed by atoms with E-state index in [1.807, 2.05) is 6.92 Å². The maximum absolute atomic E-state index is 10.6. The van der Waals surface area contributed by atoms with Gasteiger partial charge in [0.15, 0.2) is 5.60 Å². The Balaban J connectivity index is 2.51. The summed E-state index contributed by atoms with van der Waals surface area (Å²) in [6, 6.07) is 0. The van der Waals surface area contributed by atoms with Gasteiger partial charge in [-0.25, -0.2) is 9.78 Å². The average molecular weight is 245 g/mol. The van der Waals surface area contributed by atoms with Gasteiger partial charge in [0.05, 0.1) is 6.54 Å². The van der Waals surface area contributed by atoms with E-state index < -0.39 is 11.6 Å². The highest BCUT2D eigenvalue weighted by Crippen LogP contribution is 2.13. The van der Waals surface area contributed by atoms with Crippen molar-refractivity contribution in [3.8, 4) is 0 Å². The summed E-state index contributed by atoms with van der Waals surface area (Å²) in [5.74, 6) is -0.525. The van der Waals surface area contributed by atoms with Crippen LogP contribution in [0.3, 0.4) is 0 Å². The Morgan fingerprint density at radius 3 is 2.88 bits per heavy atom. The summed E-state index contributed by atoms with van der Waals surface area (Å²) in [6.07, 6.45) is 1.76. The zero-order valence-corrected chi connectivity index (χ0v) is 10.0. The summed E-state index contributed by atoms with van der Waals surface area (Å²) in [5.41, 5.74) is -1.80. The minimum absolute atomic E-state index is 0.0942. The second-order valence-electron chi connectivity index (χ2n) is 3.70. The molecule has 1 aromatic heterocycles. The summed E-state index contributed by atoms with van der Waals surface area (Å²) in [5, 5.41) is 21.4. The first-order valence-corrected chi connectivity index (χ1v) is 5.75. The smallest absolute Gasteiger partial charge is 0.337 e. The lowest BCUT2D eigenvalue weighted by molar-refractivity contribution is -0.155. The molecule has 90 valence electrons. The fourth-order valence-corrected chi connectivity index (χ4v) is 1.58. The summed E-state index contributed by atoms with van der Waals surface area (Å²) in [7, 11) is 0. The van der Waals surface area contributed by atoms with Crippen molar-refractivity contribution in [3.05, 3.63) is 5.82 Å². The third-order valence-corrected chi connectivity index (χ3v) is 2.70. The number of aromatic nitrogens is 2. The minimum Gasteiger partial charge on any atom is -0.479 e. The molecule has 0 aliphatic heterocycles. The van der Waals surface area contributed by atoms with Crippen molar-refractivity contribution in [1.82, 2.24) is 9.36 Å². The lowest BCUT2D eigenvalue weighted by Crippen LogP contribution is -2.41. The molecule has 1 atom stereocenters. The van der Waals surface area contributed by atoms with E-state index in [1.54, 1.807) is 0 Å². The number of carbonyl (C=O) groups is 1. The number of anilines is 1. The van der Waals surface area contributed by atoms with E-state index >= 15 is 0 Å². The molecule has 1 rings (SSSR count). The van der Waals surface area contributed by atoms with Crippen LogP contribution in [0.25, 0.3) is 0 Å². The number of aliphatic hydroxyl groups is 1. The van der Waals surface area contributed by atoms with Gasteiger partial charge < -0.3 is 15.5 Å². The van der Waals surface area contributed by atoms with Gasteiger partial charge in [0.1, 0.15) is 5.82 Å². The van der Waals surface area contributed by atoms with E-state index in [0.29, 0.717) is 5.13 Å². The molecular weight excluding hydrogens is 230 g/mol. The standard InChI is InChI=1S/C9H15N3O3S/c1-3-4-6-11-8(16-12-6)10-5-9(2,15)7(13)14/h15H,3-5H2,1-2H3,(H,13,14)(H,10,11,12). The zero-order valence-electron chi connectivity index (χ0n) is 9.23. The van der Waals surface area contributed by atoms with Crippen LogP contribution in [-0.2, 0) is 11.2 Å². The van der Waals surface area contributed by atoms with Crippen LogP contribution in [0, 0.1) is 0 Å². The van der Waals surface area contributed by atoms with E-state index in [-0.39, 0.29) is 6.54 Å². The number of rotatable bonds is 6. The SMILES string of the molecule is CCCc1nsc(NCC(C)(O)C(=O)O)n1. The summed E-state index contributed by atoms with van der Waals surface area (Å²) < 4.78 is 4.09. The summed E-state index contributed by atoms with van der Waals surface area (Å²) >= 11 is 1.17. The van der Waals surface area contributed by atoms with Crippen LogP contribution in [0.15, 0.2) is 0 Å². The number of hydrogen-bond acceptors (Lipinski definition) is 6. The molecule has 0 saturated carbocycles. The molecule has 1 heterocycles. The predicted molar refractivity (Wildman–Crippen MR) is 60.7 cm³/mol. The topological polar surface area (TPSA) is 95.3 Å². The number of nitrogens with zero attached hydrogens (tertiary/aromatic N) is 2. The maximum atomic E-state index is 10.6. The Hall–Kier alpha value is -1.21. The van der Waals surface area contributed by atoms with Crippen molar-refractivity contribution in [2.24, 2.45) is 0 Å². The highest BCUT2D eigenvalue weighted by atomic mass is 32.1. The molecule has 0 aliphatic carbocycles. The number of hydrogen-bond donors (Lipinski definition) is 3. The molecule has 0 spiro atoms. The molecule has 7 heteroatoms. The van der Waals surface area contributed by atoms with Gasteiger partial charge in [-0.05, 0) is 13.3 Å². The number of aliphatic carboxylic acids is 1. The van der Waals surface area contributed by atoms with E-state index in [9.17, 15) is 9.90 Å². The van der Waals surface area contributed by atoms with Crippen LogP contribution in [0.4, 0.5) is 5.13 Å². The predicted octanol–water partition coefficient (Wildman–Crippen LogP) is 0.738. The molecule has 0 aliphatic rings. The normalized spacial score (nSPS) is 14.4. The summed E-state index contributed by atoms with van der Waals surface area (Å²) in [6.45, 7) is 3.17. The number of aryl methyl sites for hydroxylation is 1. The number of nitrogens with one attached hydrogen (secondary N) is 1. The molecule has 0 amide bonds. The van der Waals surface area contributed by atoms with Crippen LogP contribution in [0.1, 0.15) is 26.1 Å². The lowest BCUT2D eigenvalue weighted by atomic mass is 10.1. The fourth-order valence-electron chi connectivity index (χ4n) is 0.974. The first-order chi connectivity index (χ1) is 7.45. The number of carboxylic acid groups (broad SMARTS) is 1. The largest absolute Gasteiger partial charge is 0.479 e. The Bertz CT molecular complexity index is 365. The quantitative estimate of drug-likeness (QED) is 0.684. The van der Waals surface area contributed by atoms with Gasteiger partial charge in [0.2, 0.25) is 5.13 Å². The second-order valence-corrected chi connectivity index (χ2v) is 4.45. The molecule has 0 aromatic carbocycles. The highest BCUT2D eigenvalue weighted by molar-refractivity contribution is 7.09. The molecule has 1 unspecified atom stereocenters. The Labute approximate surface area is 97.5 Å². The molecule has 0 radical (unpaired) electrons.